The van der Waals surface area contributed by atoms with E-state index in [1.54, 1.807) is 6.92 Å². The summed E-state index contributed by atoms with van der Waals surface area (Å²) in [5, 5.41) is 18.0. The molecule has 29 heavy (non-hydrogen) atoms. The smallest absolute Gasteiger partial charge is 0.250 e. The number of aryl methyl sites for hydroxylation is 1. The Hall–Kier alpha value is -2.88. The molecule has 1 aliphatic heterocycles. The van der Waals surface area contributed by atoms with Gasteiger partial charge in [-0.3, -0.25) is 24.6 Å². The number of nitrogens with zero attached hydrogens (tertiary/aromatic N) is 5. The van der Waals surface area contributed by atoms with Gasteiger partial charge in [-0.2, -0.15) is 5.10 Å². The molecule has 3 rings (SSSR count). The highest BCUT2D eigenvalue weighted by atomic mass is 16.5. The van der Waals surface area contributed by atoms with E-state index in [0.29, 0.717) is 23.2 Å². The highest BCUT2D eigenvalue weighted by Gasteiger charge is 2.38. The monoisotopic (exact) mass is 402 g/mol. The molecule has 1 aromatic rings. The summed E-state index contributed by atoms with van der Waals surface area (Å²) in [6.07, 6.45) is 9.90. The van der Waals surface area contributed by atoms with Gasteiger partial charge >= 0.3 is 0 Å². The van der Waals surface area contributed by atoms with Crippen molar-refractivity contribution in [2.75, 3.05) is 11.9 Å². The Morgan fingerprint density at radius 1 is 1.34 bits per heavy atom. The third-order valence-corrected chi connectivity index (χ3v) is 5.36. The average Bonchev–Trinajstić information content (AvgIpc) is 3.40. The quantitative estimate of drug-likeness (QED) is 0.384. The van der Waals surface area contributed by atoms with E-state index < -0.39 is 17.9 Å². The molecular weight excluding hydrogens is 376 g/mol. The molecule has 10 heteroatoms. The van der Waals surface area contributed by atoms with E-state index in [-0.39, 0.29) is 25.3 Å². The zero-order chi connectivity index (χ0) is 20.8. The van der Waals surface area contributed by atoms with E-state index in [0.717, 1.165) is 36.4 Å². The number of hydrogen-bond donors (Lipinski definition) is 2. The van der Waals surface area contributed by atoms with Crippen LogP contribution in [0.2, 0.25) is 0 Å². The van der Waals surface area contributed by atoms with Crippen molar-refractivity contribution in [2.45, 2.75) is 51.5 Å². The van der Waals surface area contributed by atoms with Crippen LogP contribution in [0.1, 0.15) is 44.2 Å². The Bertz CT molecular complexity index is 762. The maximum atomic E-state index is 13.1. The van der Waals surface area contributed by atoms with Crippen LogP contribution in [0, 0.1) is 18.8 Å². The lowest BCUT2D eigenvalue weighted by Gasteiger charge is -2.28. The Labute approximate surface area is 169 Å². The molecular formula is C19H26N6O4. The van der Waals surface area contributed by atoms with Crippen molar-refractivity contribution in [3.8, 4) is 0 Å². The maximum absolute atomic E-state index is 13.1. The predicted molar refractivity (Wildman–Crippen MR) is 104 cm³/mol. The first-order valence-corrected chi connectivity index (χ1v) is 9.83. The summed E-state index contributed by atoms with van der Waals surface area (Å²) < 4.78 is 0. The highest BCUT2D eigenvalue weighted by molar-refractivity contribution is 5.99. The summed E-state index contributed by atoms with van der Waals surface area (Å²) in [7, 11) is 0. The number of carbonyl (C=O) groups is 3. The third kappa shape index (κ3) is 5.35. The number of nitrogens with one attached hydrogen (secondary N) is 1. The maximum Gasteiger partial charge on any atom is 0.250 e. The first-order chi connectivity index (χ1) is 14.0. The number of anilines is 1. The van der Waals surface area contributed by atoms with Crippen LogP contribution in [0.3, 0.4) is 0 Å². The molecule has 156 valence electrons. The third-order valence-electron chi connectivity index (χ3n) is 5.36. The second-order valence-corrected chi connectivity index (χ2v) is 7.58. The lowest BCUT2D eigenvalue weighted by Crippen LogP contribution is -2.46. The van der Waals surface area contributed by atoms with Gasteiger partial charge in [-0.25, -0.2) is 15.1 Å². The van der Waals surface area contributed by atoms with E-state index in [1.165, 1.54) is 18.6 Å². The van der Waals surface area contributed by atoms with Gasteiger partial charge in [0.05, 0.1) is 30.6 Å². The molecule has 0 unspecified atom stereocenters. The first-order valence-electron chi connectivity index (χ1n) is 9.83. The van der Waals surface area contributed by atoms with Crippen LogP contribution in [0.25, 0.3) is 0 Å². The minimum Gasteiger partial charge on any atom is -0.308 e. The van der Waals surface area contributed by atoms with Crippen LogP contribution in [0.5, 0.6) is 0 Å². The normalized spacial score (nSPS) is 19.9. The van der Waals surface area contributed by atoms with Crippen molar-refractivity contribution < 1.29 is 19.6 Å². The van der Waals surface area contributed by atoms with Gasteiger partial charge in [0.15, 0.2) is 5.82 Å². The molecule has 0 bridgehead atoms. The molecule has 2 atom stereocenters. The molecule has 1 aliphatic carbocycles. The van der Waals surface area contributed by atoms with Gasteiger partial charge in [0.25, 0.3) is 5.91 Å². The molecule has 2 N–H and O–H groups in total. The topological polar surface area (TPSA) is 128 Å². The standard InChI is InChI=1S/C19H26N6O4/c1-13-9-21-17(10-20-13)23-18(27)16-6-7-22-25(16)19(28)15(11-24(29)12-26)8-14-4-2-3-5-14/h7,9-10,12,14-16,29H,2-6,8,11H2,1H3,(H,21,23,27)/t15-,16+/m1/s1. The van der Waals surface area contributed by atoms with Gasteiger partial charge in [-0.05, 0) is 19.3 Å². The van der Waals surface area contributed by atoms with Crippen molar-refractivity contribution in [1.82, 2.24) is 20.0 Å². The number of carbonyl (C=O) groups excluding carboxylic acids is 3. The fourth-order valence-electron chi connectivity index (χ4n) is 3.87. The number of aromatic nitrogens is 2. The number of hydrazone groups is 1. The van der Waals surface area contributed by atoms with Crippen LogP contribution >= 0.6 is 0 Å². The van der Waals surface area contributed by atoms with Crippen molar-refractivity contribution in [1.29, 1.82) is 0 Å². The second-order valence-electron chi connectivity index (χ2n) is 7.58. The summed E-state index contributed by atoms with van der Waals surface area (Å²) in [5.41, 5.74) is 0.725. The van der Waals surface area contributed by atoms with Crippen molar-refractivity contribution in [2.24, 2.45) is 16.9 Å². The van der Waals surface area contributed by atoms with Gasteiger partial charge in [0.1, 0.15) is 6.04 Å². The SMILES string of the molecule is Cc1cnc(NC(=O)[C@@H]2CC=NN2C(=O)[C@H](CC2CCCC2)CN(O)C=O)cn1. The van der Waals surface area contributed by atoms with Gasteiger partial charge in [-0.1, -0.05) is 25.7 Å². The fourth-order valence-corrected chi connectivity index (χ4v) is 3.87. The number of hydrogen-bond acceptors (Lipinski definition) is 7. The highest BCUT2D eigenvalue weighted by Crippen LogP contribution is 2.32. The van der Waals surface area contributed by atoms with Gasteiger partial charge < -0.3 is 5.32 Å². The van der Waals surface area contributed by atoms with E-state index >= 15 is 0 Å². The summed E-state index contributed by atoms with van der Waals surface area (Å²) >= 11 is 0. The lowest BCUT2D eigenvalue weighted by molar-refractivity contribution is -0.158. The Kier molecular flexibility index (Phi) is 6.86. The summed E-state index contributed by atoms with van der Waals surface area (Å²) in [6, 6.07) is -0.806. The number of amides is 3. The van der Waals surface area contributed by atoms with Crippen LogP contribution in [-0.4, -0.2) is 62.3 Å². The molecule has 10 nitrogen and oxygen atoms in total. The van der Waals surface area contributed by atoms with E-state index in [2.05, 4.69) is 20.4 Å². The van der Waals surface area contributed by atoms with Crippen LogP contribution in [0.4, 0.5) is 5.82 Å². The average molecular weight is 402 g/mol. The zero-order valence-electron chi connectivity index (χ0n) is 16.4. The summed E-state index contributed by atoms with van der Waals surface area (Å²) in [4.78, 5) is 44.9. The predicted octanol–water partition coefficient (Wildman–Crippen LogP) is 1.35. The zero-order valence-corrected chi connectivity index (χ0v) is 16.4. The Morgan fingerprint density at radius 2 is 2.10 bits per heavy atom. The van der Waals surface area contributed by atoms with E-state index in [1.807, 2.05) is 0 Å². The van der Waals surface area contributed by atoms with Crippen LogP contribution in [-0.2, 0) is 14.4 Å². The van der Waals surface area contributed by atoms with E-state index in [9.17, 15) is 19.6 Å². The largest absolute Gasteiger partial charge is 0.308 e. The molecule has 3 amide bonds. The molecule has 0 saturated heterocycles. The Balaban J connectivity index is 1.69. The number of hydroxylamine groups is 2. The van der Waals surface area contributed by atoms with Crippen molar-refractivity contribution in [3.05, 3.63) is 18.1 Å². The fraction of sp³-hybridized carbons (Fsp3) is 0.579. The van der Waals surface area contributed by atoms with E-state index in [4.69, 9.17) is 0 Å². The van der Waals surface area contributed by atoms with Crippen LogP contribution < -0.4 is 5.32 Å². The van der Waals surface area contributed by atoms with Gasteiger partial charge in [0.2, 0.25) is 12.3 Å². The van der Waals surface area contributed by atoms with Crippen molar-refractivity contribution in [3.63, 3.8) is 0 Å². The molecule has 0 spiro atoms. The van der Waals surface area contributed by atoms with Crippen LogP contribution in [0.15, 0.2) is 17.5 Å². The summed E-state index contributed by atoms with van der Waals surface area (Å²) in [6.45, 7) is 1.67. The second kappa shape index (κ2) is 9.55. The number of rotatable bonds is 8. The molecule has 1 fully saturated rings. The molecule has 1 aromatic heterocycles. The minimum atomic E-state index is -0.806. The molecule has 0 aromatic carbocycles. The lowest BCUT2D eigenvalue weighted by atomic mass is 9.92. The molecule has 0 radical (unpaired) electrons. The Morgan fingerprint density at radius 3 is 2.76 bits per heavy atom. The molecule has 2 aliphatic rings. The molecule has 1 saturated carbocycles. The van der Waals surface area contributed by atoms with Gasteiger partial charge in [0, 0.05) is 12.6 Å². The van der Waals surface area contributed by atoms with Crippen molar-refractivity contribution >= 4 is 30.3 Å². The first kappa shape index (κ1) is 20.8. The minimum absolute atomic E-state index is 0.122. The van der Waals surface area contributed by atoms with Gasteiger partial charge in [-0.15, -0.1) is 0 Å². The molecule has 2 heterocycles. The summed E-state index contributed by atoms with van der Waals surface area (Å²) in [5.74, 6) is -0.750.